The molecule has 0 atom stereocenters. The lowest BCUT2D eigenvalue weighted by Crippen LogP contribution is -2.10. The van der Waals surface area contributed by atoms with Crippen LogP contribution in [0, 0.1) is 0 Å². The van der Waals surface area contributed by atoms with Gasteiger partial charge in [0.15, 0.2) is 0 Å². The van der Waals surface area contributed by atoms with E-state index >= 15 is 0 Å². The fraction of sp³-hybridized carbons (Fsp3) is 0.400. The number of hydrogen-bond acceptors (Lipinski definition) is 4. The largest absolute Gasteiger partial charge is 0.496 e. The molecule has 0 unspecified atom stereocenters. The van der Waals surface area contributed by atoms with E-state index in [1.165, 1.54) is 18.4 Å². The van der Waals surface area contributed by atoms with Crippen LogP contribution in [-0.4, -0.2) is 19.2 Å². The molecule has 2 N–H and O–H groups in total. The summed E-state index contributed by atoms with van der Waals surface area (Å²) in [6.45, 7) is 0. The van der Waals surface area contributed by atoms with Crippen molar-refractivity contribution in [1.29, 1.82) is 0 Å². The van der Waals surface area contributed by atoms with Crippen molar-refractivity contribution in [3.63, 3.8) is 0 Å². The number of rotatable bonds is 2. The highest BCUT2D eigenvalue weighted by molar-refractivity contribution is 6.00. The van der Waals surface area contributed by atoms with Gasteiger partial charge >= 0.3 is 0 Å². The average Bonchev–Trinajstić information content (AvgIpc) is 2.46. The molecule has 2 aromatic rings. The van der Waals surface area contributed by atoms with E-state index in [1.54, 1.807) is 14.2 Å². The first-order chi connectivity index (χ1) is 9.26. The zero-order chi connectivity index (χ0) is 13.4. The van der Waals surface area contributed by atoms with Gasteiger partial charge in [-0.05, 0) is 43.4 Å². The van der Waals surface area contributed by atoms with Crippen LogP contribution < -0.4 is 15.2 Å². The fourth-order valence-electron chi connectivity index (χ4n) is 2.85. The van der Waals surface area contributed by atoms with E-state index in [0.717, 1.165) is 46.6 Å². The van der Waals surface area contributed by atoms with Gasteiger partial charge in [-0.25, -0.2) is 4.98 Å². The molecule has 0 saturated carbocycles. The maximum absolute atomic E-state index is 6.36. The molecule has 1 aliphatic rings. The molecule has 0 fully saturated rings. The predicted molar refractivity (Wildman–Crippen MR) is 75.9 cm³/mol. The third-order valence-electron chi connectivity index (χ3n) is 3.82. The number of nitrogens with zero attached hydrogens (tertiary/aromatic N) is 1. The Morgan fingerprint density at radius 2 is 1.74 bits per heavy atom. The Labute approximate surface area is 112 Å². The van der Waals surface area contributed by atoms with Crippen LogP contribution in [0.2, 0.25) is 0 Å². The van der Waals surface area contributed by atoms with E-state index in [9.17, 15) is 0 Å². The number of methoxy groups -OCH3 is 2. The van der Waals surface area contributed by atoms with E-state index in [-0.39, 0.29) is 0 Å². The lowest BCUT2D eigenvalue weighted by Gasteiger charge is -2.20. The van der Waals surface area contributed by atoms with Gasteiger partial charge in [-0.3, -0.25) is 0 Å². The van der Waals surface area contributed by atoms with Gasteiger partial charge < -0.3 is 15.2 Å². The Hall–Kier alpha value is -1.97. The molecular formula is C15H18N2O2. The number of benzene rings is 1. The highest BCUT2D eigenvalue weighted by Crippen LogP contribution is 2.39. The van der Waals surface area contributed by atoms with Crippen molar-refractivity contribution in [2.45, 2.75) is 25.7 Å². The molecule has 1 aliphatic carbocycles. The summed E-state index contributed by atoms with van der Waals surface area (Å²) in [5.74, 6) is 1.50. The number of fused-ring (bicyclic) bond motifs is 2. The molecule has 100 valence electrons. The lowest BCUT2D eigenvalue weighted by atomic mass is 9.92. The fourth-order valence-corrected chi connectivity index (χ4v) is 2.85. The molecule has 4 nitrogen and oxygen atoms in total. The van der Waals surface area contributed by atoms with Gasteiger partial charge in [-0.1, -0.05) is 0 Å². The van der Waals surface area contributed by atoms with E-state index in [0.29, 0.717) is 0 Å². The van der Waals surface area contributed by atoms with Crippen molar-refractivity contribution >= 4 is 16.6 Å². The van der Waals surface area contributed by atoms with Gasteiger partial charge in [0.2, 0.25) is 0 Å². The minimum absolute atomic E-state index is 0.746. The molecule has 0 spiro atoms. The van der Waals surface area contributed by atoms with E-state index < -0.39 is 0 Å². The molecule has 1 aromatic heterocycles. The Balaban J connectivity index is 2.39. The summed E-state index contributed by atoms with van der Waals surface area (Å²) in [6, 6.07) is 3.76. The van der Waals surface area contributed by atoms with Gasteiger partial charge in [0, 0.05) is 11.4 Å². The summed E-state index contributed by atoms with van der Waals surface area (Å²) < 4.78 is 10.8. The Bertz CT molecular complexity index is 638. The summed E-state index contributed by atoms with van der Waals surface area (Å²) >= 11 is 0. The normalized spacial score (nSPS) is 14.2. The average molecular weight is 258 g/mol. The second kappa shape index (κ2) is 4.61. The molecule has 4 heteroatoms. The van der Waals surface area contributed by atoms with E-state index in [1.807, 2.05) is 12.1 Å². The first-order valence-electron chi connectivity index (χ1n) is 6.58. The van der Waals surface area contributed by atoms with Crippen LogP contribution in [0.4, 0.5) is 5.69 Å². The molecular weight excluding hydrogens is 240 g/mol. The highest BCUT2D eigenvalue weighted by atomic mass is 16.5. The quantitative estimate of drug-likeness (QED) is 0.899. The summed E-state index contributed by atoms with van der Waals surface area (Å²) in [5.41, 5.74) is 10.3. The van der Waals surface area contributed by atoms with Crippen LogP contribution in [0.15, 0.2) is 12.1 Å². The minimum atomic E-state index is 0.746. The number of pyridine rings is 1. The predicted octanol–water partition coefficient (Wildman–Crippen LogP) is 2.71. The number of ether oxygens (including phenoxy) is 2. The molecule has 0 radical (unpaired) electrons. The van der Waals surface area contributed by atoms with Crippen molar-refractivity contribution in [3.8, 4) is 11.5 Å². The van der Waals surface area contributed by atoms with Gasteiger partial charge in [0.1, 0.15) is 17.0 Å². The maximum atomic E-state index is 6.36. The van der Waals surface area contributed by atoms with Crippen molar-refractivity contribution in [1.82, 2.24) is 4.98 Å². The Morgan fingerprint density at radius 1 is 1.05 bits per heavy atom. The highest BCUT2D eigenvalue weighted by Gasteiger charge is 2.20. The smallest absolute Gasteiger partial charge is 0.145 e. The zero-order valence-electron chi connectivity index (χ0n) is 11.3. The van der Waals surface area contributed by atoms with Crippen LogP contribution in [0.3, 0.4) is 0 Å². The molecule has 1 heterocycles. The number of nitrogen functional groups attached to an aromatic ring is 1. The second-order valence-electron chi connectivity index (χ2n) is 4.85. The minimum Gasteiger partial charge on any atom is -0.496 e. The van der Waals surface area contributed by atoms with Crippen molar-refractivity contribution < 1.29 is 9.47 Å². The van der Waals surface area contributed by atoms with Gasteiger partial charge in [-0.15, -0.1) is 0 Å². The molecule has 0 saturated heterocycles. The van der Waals surface area contributed by atoms with E-state index in [4.69, 9.17) is 20.2 Å². The van der Waals surface area contributed by atoms with Crippen LogP contribution >= 0.6 is 0 Å². The summed E-state index contributed by atoms with van der Waals surface area (Å²) in [5, 5.41) is 0.877. The van der Waals surface area contributed by atoms with Gasteiger partial charge in [-0.2, -0.15) is 0 Å². The summed E-state index contributed by atoms with van der Waals surface area (Å²) in [7, 11) is 3.30. The Kier molecular flexibility index (Phi) is 2.93. The van der Waals surface area contributed by atoms with Crippen LogP contribution in [-0.2, 0) is 12.8 Å². The topological polar surface area (TPSA) is 57.4 Å². The summed E-state index contributed by atoms with van der Waals surface area (Å²) in [4.78, 5) is 4.77. The molecule has 0 amide bonds. The number of aromatic nitrogens is 1. The molecule has 19 heavy (non-hydrogen) atoms. The monoisotopic (exact) mass is 258 g/mol. The number of nitrogens with two attached hydrogens (primary N) is 1. The molecule has 3 rings (SSSR count). The van der Waals surface area contributed by atoms with Crippen LogP contribution in [0.1, 0.15) is 24.1 Å². The Morgan fingerprint density at radius 3 is 2.47 bits per heavy atom. The first kappa shape index (κ1) is 12.1. The second-order valence-corrected chi connectivity index (χ2v) is 4.85. The summed E-state index contributed by atoms with van der Waals surface area (Å²) in [6.07, 6.45) is 4.36. The van der Waals surface area contributed by atoms with Crippen LogP contribution in [0.25, 0.3) is 10.9 Å². The van der Waals surface area contributed by atoms with Crippen molar-refractivity contribution in [2.75, 3.05) is 20.0 Å². The van der Waals surface area contributed by atoms with Gasteiger partial charge in [0.25, 0.3) is 0 Å². The number of anilines is 1. The van der Waals surface area contributed by atoms with Crippen LogP contribution in [0.5, 0.6) is 11.5 Å². The van der Waals surface area contributed by atoms with Crippen molar-refractivity contribution in [2.24, 2.45) is 0 Å². The van der Waals surface area contributed by atoms with Gasteiger partial charge in [0.05, 0.1) is 19.6 Å². The first-order valence-corrected chi connectivity index (χ1v) is 6.58. The molecule has 0 bridgehead atoms. The third kappa shape index (κ3) is 1.79. The SMILES string of the molecule is COc1ccc(OC)c2c(N)c3c(nc12)CCCC3. The molecule has 1 aromatic carbocycles. The maximum Gasteiger partial charge on any atom is 0.145 e. The standard InChI is InChI=1S/C15H18N2O2/c1-18-11-7-8-12(19-2)15-13(11)14(16)9-5-3-4-6-10(9)17-15/h7-8H,3-6H2,1-2H3,(H2,16,17). The number of hydrogen-bond donors (Lipinski definition) is 1. The number of aryl methyl sites for hydroxylation is 1. The van der Waals surface area contributed by atoms with E-state index in [2.05, 4.69) is 0 Å². The van der Waals surface area contributed by atoms with Crippen molar-refractivity contribution in [3.05, 3.63) is 23.4 Å². The lowest BCUT2D eigenvalue weighted by molar-refractivity contribution is 0.409. The third-order valence-corrected chi connectivity index (χ3v) is 3.82. The zero-order valence-corrected chi connectivity index (χ0v) is 11.3. The molecule has 0 aliphatic heterocycles.